The maximum atomic E-state index is 12.6. The summed E-state index contributed by atoms with van der Waals surface area (Å²) in [6.45, 7) is 0.145. The second-order valence-electron chi connectivity index (χ2n) is 7.69. The maximum Gasteiger partial charge on any atom is 0.316 e. The molecular formula is C19H33N7O10. The average molecular weight is 520 g/mol. The van der Waals surface area contributed by atoms with Crippen molar-refractivity contribution in [1.29, 1.82) is 0 Å². The molecule has 0 aromatic heterocycles. The molecule has 1 unspecified atom stereocenters. The van der Waals surface area contributed by atoms with Crippen molar-refractivity contribution in [2.45, 2.75) is 37.6 Å². The fraction of sp³-hybridized carbons (Fsp3) is 0.684. The first-order valence-electron chi connectivity index (χ1n) is 10.9. The summed E-state index contributed by atoms with van der Waals surface area (Å²) < 4.78 is 10.4. The lowest BCUT2D eigenvalue weighted by molar-refractivity contribution is -0.144. The summed E-state index contributed by atoms with van der Waals surface area (Å²) in [6.07, 6.45) is -2.01. The molecule has 0 bridgehead atoms. The van der Waals surface area contributed by atoms with Gasteiger partial charge in [-0.25, -0.2) is 4.79 Å². The minimum absolute atomic E-state index is 0.00828. The molecule has 1 aliphatic heterocycles. The van der Waals surface area contributed by atoms with Gasteiger partial charge < -0.3 is 46.7 Å². The lowest BCUT2D eigenvalue weighted by Crippen LogP contribution is -2.61. The summed E-state index contributed by atoms with van der Waals surface area (Å²) in [4.78, 5) is 73.4. The van der Waals surface area contributed by atoms with Crippen LogP contribution in [-0.4, -0.2) is 122 Å². The normalized spacial score (nSPS) is 25.3. The lowest BCUT2D eigenvalue weighted by Gasteiger charge is -2.26. The molecule has 0 spiro atoms. The van der Waals surface area contributed by atoms with Crippen molar-refractivity contribution in [2.75, 3.05) is 46.6 Å². The Bertz CT molecular complexity index is 809. The molecule has 0 radical (unpaired) electrons. The number of ether oxygens (including phenoxy) is 2. The second-order valence-corrected chi connectivity index (χ2v) is 7.69. The van der Waals surface area contributed by atoms with Gasteiger partial charge in [0, 0.05) is 13.6 Å². The zero-order valence-corrected chi connectivity index (χ0v) is 19.9. The van der Waals surface area contributed by atoms with Gasteiger partial charge in [0.2, 0.25) is 17.7 Å². The molecule has 9 N–H and O–H groups in total. The zero-order chi connectivity index (χ0) is 27.3. The van der Waals surface area contributed by atoms with E-state index in [1.54, 1.807) is 0 Å². The molecule has 0 aromatic carbocycles. The molecule has 1 aliphatic rings. The summed E-state index contributed by atoms with van der Waals surface area (Å²) in [5.74, 6) is -4.43. The number of amides is 7. The summed E-state index contributed by atoms with van der Waals surface area (Å²) >= 11 is 0. The van der Waals surface area contributed by atoms with E-state index in [2.05, 4.69) is 26.7 Å². The molecule has 1 saturated heterocycles. The van der Waals surface area contributed by atoms with Crippen LogP contribution in [0.2, 0.25) is 0 Å². The molecule has 1 rings (SSSR count). The van der Waals surface area contributed by atoms with Crippen molar-refractivity contribution < 1.29 is 48.5 Å². The first-order valence-corrected chi connectivity index (χ1v) is 10.9. The van der Waals surface area contributed by atoms with E-state index in [-0.39, 0.29) is 26.4 Å². The minimum Gasteiger partial charge on any atom is -0.394 e. The van der Waals surface area contributed by atoms with E-state index in [0.29, 0.717) is 5.01 Å². The molecule has 4 atom stereocenters. The molecule has 0 aliphatic carbocycles. The van der Waals surface area contributed by atoms with Gasteiger partial charge in [-0.2, -0.15) is 0 Å². The van der Waals surface area contributed by atoms with Crippen molar-refractivity contribution in [3.8, 4) is 0 Å². The highest BCUT2D eigenvalue weighted by atomic mass is 16.5. The van der Waals surface area contributed by atoms with Gasteiger partial charge in [0.15, 0.2) is 0 Å². The molecule has 0 saturated carbocycles. The van der Waals surface area contributed by atoms with E-state index < -0.39 is 79.4 Å². The van der Waals surface area contributed by atoms with Crippen molar-refractivity contribution >= 4 is 35.6 Å². The van der Waals surface area contributed by atoms with E-state index in [1.807, 2.05) is 0 Å². The lowest BCUT2D eigenvalue weighted by atomic mass is 10.1. The Morgan fingerprint density at radius 3 is 2.33 bits per heavy atom. The summed E-state index contributed by atoms with van der Waals surface area (Å²) in [5.41, 5.74) is 7.26. The van der Waals surface area contributed by atoms with E-state index >= 15 is 0 Å². The number of nitrogens with one attached hydrogen (secondary N) is 5. The number of hydrogen-bond acceptors (Lipinski definition) is 10. The molecular weight excluding hydrogens is 486 g/mol. The number of hydrazine groups is 1. The van der Waals surface area contributed by atoms with Crippen LogP contribution in [0, 0.1) is 0 Å². The van der Waals surface area contributed by atoms with Crippen LogP contribution in [0.1, 0.15) is 13.3 Å². The maximum absolute atomic E-state index is 12.6. The third-order valence-electron chi connectivity index (χ3n) is 4.65. The van der Waals surface area contributed by atoms with Crippen LogP contribution < -0.4 is 32.4 Å². The van der Waals surface area contributed by atoms with Crippen LogP contribution in [0.5, 0.6) is 0 Å². The molecule has 7 amide bonds. The van der Waals surface area contributed by atoms with Gasteiger partial charge in [0.25, 0.3) is 11.8 Å². The predicted octanol–water partition coefficient (Wildman–Crippen LogP) is -5.59. The standard InChI is InChI=1S/C19H33N7O10/c1-10(28)15-17(32)21-3-4-35-5-6-36-9-14(30)22-12(8-27)18(33)26(2)25-16(31)11(7-13(20)29)23-19(34)24-15/h10-12,15,27-28H,3-9H2,1-2H3,(H2,20,29)(H,21,32)(H,22,30)(H,25,31)(H2,23,24,34)/t10?,11-,12-,15-/m0/s1. The van der Waals surface area contributed by atoms with Crippen molar-refractivity contribution in [3.05, 3.63) is 0 Å². The third-order valence-corrected chi connectivity index (χ3v) is 4.65. The van der Waals surface area contributed by atoms with Gasteiger partial charge in [-0.15, -0.1) is 0 Å². The van der Waals surface area contributed by atoms with E-state index in [4.69, 9.17) is 15.2 Å². The fourth-order valence-corrected chi connectivity index (χ4v) is 2.85. The molecule has 0 aromatic rings. The second kappa shape index (κ2) is 15.5. The van der Waals surface area contributed by atoms with Gasteiger partial charge in [0.05, 0.1) is 39.0 Å². The Morgan fingerprint density at radius 1 is 1.06 bits per heavy atom. The Morgan fingerprint density at radius 2 is 1.72 bits per heavy atom. The number of aliphatic hydroxyl groups excluding tert-OH is 2. The van der Waals surface area contributed by atoms with Gasteiger partial charge >= 0.3 is 6.03 Å². The summed E-state index contributed by atoms with van der Waals surface area (Å²) in [5, 5.41) is 29.1. The molecule has 204 valence electrons. The monoisotopic (exact) mass is 519 g/mol. The molecule has 1 heterocycles. The van der Waals surface area contributed by atoms with Gasteiger partial charge in [-0.1, -0.05) is 0 Å². The number of urea groups is 1. The predicted molar refractivity (Wildman–Crippen MR) is 119 cm³/mol. The highest BCUT2D eigenvalue weighted by molar-refractivity contribution is 5.94. The Labute approximate surface area is 206 Å². The van der Waals surface area contributed by atoms with Crippen molar-refractivity contribution in [1.82, 2.24) is 31.7 Å². The highest BCUT2D eigenvalue weighted by Gasteiger charge is 2.31. The van der Waals surface area contributed by atoms with E-state index in [9.17, 15) is 39.0 Å². The fourth-order valence-electron chi connectivity index (χ4n) is 2.85. The number of nitrogens with zero attached hydrogens (tertiary/aromatic N) is 1. The Hall–Kier alpha value is -3.54. The molecule has 17 nitrogen and oxygen atoms in total. The molecule has 1 fully saturated rings. The Kier molecular flexibility index (Phi) is 13.1. The first-order chi connectivity index (χ1) is 17.0. The number of hydrogen-bond donors (Lipinski definition) is 8. The average Bonchev–Trinajstić information content (AvgIpc) is 2.80. The molecule has 17 heteroatoms. The van der Waals surface area contributed by atoms with Crippen molar-refractivity contribution in [2.24, 2.45) is 5.73 Å². The number of rotatable bonds is 4. The third kappa shape index (κ3) is 10.8. The van der Waals surface area contributed by atoms with Crippen LogP contribution in [0.25, 0.3) is 0 Å². The number of likely N-dealkylation sites (N-methyl/N-ethyl adjacent to an activating group) is 1. The van der Waals surface area contributed by atoms with E-state index in [1.165, 1.54) is 6.92 Å². The topological polar surface area (TPSA) is 251 Å². The SMILES string of the molecule is CC(O)[C@@H]1NC(=O)N[C@@H](CC(N)=O)C(=O)NN(C)C(=O)[C@H](CO)NC(=O)COCCOCCNC1=O. The smallest absolute Gasteiger partial charge is 0.316 e. The largest absolute Gasteiger partial charge is 0.394 e. The first kappa shape index (κ1) is 30.5. The van der Waals surface area contributed by atoms with Crippen LogP contribution in [0.4, 0.5) is 4.79 Å². The quantitative estimate of drug-likeness (QED) is 0.175. The van der Waals surface area contributed by atoms with Crippen LogP contribution in [0.15, 0.2) is 0 Å². The Balaban J connectivity index is 3.08. The minimum atomic E-state index is -1.59. The van der Waals surface area contributed by atoms with Crippen LogP contribution in [-0.2, 0) is 33.4 Å². The number of carbonyl (C=O) groups excluding carboxylic acids is 6. The number of nitrogens with two attached hydrogens (primary N) is 1. The van der Waals surface area contributed by atoms with Crippen molar-refractivity contribution in [3.63, 3.8) is 0 Å². The van der Waals surface area contributed by atoms with Gasteiger partial charge in [-0.05, 0) is 6.92 Å². The van der Waals surface area contributed by atoms with Crippen LogP contribution >= 0.6 is 0 Å². The number of carbonyl (C=O) groups is 6. The van der Waals surface area contributed by atoms with Gasteiger partial charge in [0.1, 0.15) is 24.7 Å². The highest BCUT2D eigenvalue weighted by Crippen LogP contribution is 1.98. The number of primary amides is 1. The van der Waals surface area contributed by atoms with Crippen LogP contribution in [0.3, 0.4) is 0 Å². The summed E-state index contributed by atoms with van der Waals surface area (Å²) in [7, 11) is 1.10. The van der Waals surface area contributed by atoms with Gasteiger partial charge in [-0.3, -0.25) is 34.4 Å². The summed E-state index contributed by atoms with van der Waals surface area (Å²) in [6, 6.07) is -5.54. The number of aliphatic hydroxyl groups is 2. The van der Waals surface area contributed by atoms with E-state index in [0.717, 1.165) is 7.05 Å². The zero-order valence-electron chi connectivity index (χ0n) is 19.9. The molecule has 36 heavy (non-hydrogen) atoms.